The minimum Gasteiger partial charge on any atom is -0.368 e. The summed E-state index contributed by atoms with van der Waals surface area (Å²) in [6.07, 6.45) is 5.01. The largest absolute Gasteiger partial charge is 0.368 e. The molecule has 1 aliphatic carbocycles. The maximum atomic E-state index is 13.1. The summed E-state index contributed by atoms with van der Waals surface area (Å²) in [4.78, 5) is 13.9. The van der Waals surface area contributed by atoms with Gasteiger partial charge in [0, 0.05) is 49.7 Å². The van der Waals surface area contributed by atoms with Crippen LogP contribution in [0.3, 0.4) is 0 Å². The number of aryl methyl sites for hydroxylation is 1. The van der Waals surface area contributed by atoms with Crippen LogP contribution in [-0.4, -0.2) is 42.2 Å². The Morgan fingerprint density at radius 3 is 2.31 bits per heavy atom. The van der Waals surface area contributed by atoms with Gasteiger partial charge >= 0.3 is 0 Å². The lowest BCUT2D eigenvalue weighted by atomic mass is 10.2. The van der Waals surface area contributed by atoms with Gasteiger partial charge in [-0.05, 0) is 44.0 Å². The molecule has 1 N–H and O–H groups in total. The summed E-state index contributed by atoms with van der Waals surface area (Å²) in [5.74, 6) is 1.57. The van der Waals surface area contributed by atoms with Gasteiger partial charge in [-0.15, -0.1) is 0 Å². The molecule has 1 aliphatic heterocycles. The van der Waals surface area contributed by atoms with E-state index in [1.807, 2.05) is 19.1 Å². The number of nitrogens with one attached hydrogen (secondary N) is 1. The average molecular weight is 355 g/mol. The van der Waals surface area contributed by atoms with E-state index < -0.39 is 0 Å². The van der Waals surface area contributed by atoms with E-state index in [2.05, 4.69) is 26.2 Å². The van der Waals surface area contributed by atoms with Crippen LogP contribution in [0.1, 0.15) is 31.4 Å². The van der Waals surface area contributed by atoms with Crippen LogP contribution in [0.5, 0.6) is 0 Å². The fourth-order valence-electron chi connectivity index (χ4n) is 3.88. The van der Waals surface area contributed by atoms with Gasteiger partial charge in [-0.2, -0.15) is 4.98 Å². The number of nitrogens with zero attached hydrogens (tertiary/aromatic N) is 4. The van der Waals surface area contributed by atoms with Crippen LogP contribution in [0, 0.1) is 12.7 Å². The van der Waals surface area contributed by atoms with Crippen molar-refractivity contribution in [3.05, 3.63) is 41.8 Å². The van der Waals surface area contributed by atoms with Gasteiger partial charge in [-0.1, -0.05) is 12.8 Å². The van der Waals surface area contributed by atoms with E-state index in [-0.39, 0.29) is 5.82 Å². The molecule has 2 aromatic rings. The normalized spacial score (nSPS) is 18.4. The molecule has 6 heteroatoms. The van der Waals surface area contributed by atoms with Crippen molar-refractivity contribution in [2.45, 2.75) is 38.6 Å². The highest BCUT2D eigenvalue weighted by molar-refractivity contribution is 5.50. The van der Waals surface area contributed by atoms with Crippen LogP contribution in [0.25, 0.3) is 0 Å². The van der Waals surface area contributed by atoms with E-state index in [9.17, 15) is 4.39 Å². The topological polar surface area (TPSA) is 44.3 Å². The molecule has 0 atom stereocenters. The quantitative estimate of drug-likeness (QED) is 0.908. The molecule has 4 rings (SSSR count). The zero-order chi connectivity index (χ0) is 17.9. The minimum atomic E-state index is -0.189. The first-order chi connectivity index (χ1) is 12.7. The average Bonchev–Trinajstić information content (AvgIpc) is 3.15. The predicted octanol–water partition coefficient (Wildman–Crippen LogP) is 3.61. The van der Waals surface area contributed by atoms with Gasteiger partial charge in [0.15, 0.2) is 0 Å². The Bertz CT molecular complexity index is 734. The van der Waals surface area contributed by atoms with E-state index >= 15 is 0 Å². The third-order valence-electron chi connectivity index (χ3n) is 5.32. The van der Waals surface area contributed by atoms with Gasteiger partial charge in [-0.3, -0.25) is 0 Å². The van der Waals surface area contributed by atoms with Crippen molar-refractivity contribution < 1.29 is 4.39 Å². The van der Waals surface area contributed by atoms with Crippen molar-refractivity contribution in [1.82, 2.24) is 9.97 Å². The second-order valence-corrected chi connectivity index (χ2v) is 7.27. The molecule has 1 aromatic heterocycles. The molecular formula is C20H26FN5. The summed E-state index contributed by atoms with van der Waals surface area (Å²) in [7, 11) is 0. The van der Waals surface area contributed by atoms with Crippen LogP contribution in [0.15, 0.2) is 30.3 Å². The van der Waals surface area contributed by atoms with E-state index in [0.717, 1.165) is 49.3 Å². The van der Waals surface area contributed by atoms with E-state index in [0.29, 0.717) is 6.04 Å². The fourth-order valence-corrected chi connectivity index (χ4v) is 3.88. The van der Waals surface area contributed by atoms with Crippen molar-refractivity contribution in [2.75, 3.05) is 41.3 Å². The van der Waals surface area contributed by atoms with Crippen LogP contribution in [0.4, 0.5) is 21.8 Å². The number of benzene rings is 1. The Morgan fingerprint density at radius 2 is 1.62 bits per heavy atom. The smallest absolute Gasteiger partial charge is 0.225 e. The molecule has 2 fully saturated rings. The van der Waals surface area contributed by atoms with Gasteiger partial charge in [-0.25, -0.2) is 9.37 Å². The van der Waals surface area contributed by atoms with Crippen LogP contribution in [-0.2, 0) is 0 Å². The Kier molecular flexibility index (Phi) is 4.91. The van der Waals surface area contributed by atoms with E-state index in [1.165, 1.54) is 37.8 Å². The lowest BCUT2D eigenvalue weighted by molar-refractivity contribution is 0.624. The van der Waals surface area contributed by atoms with Gasteiger partial charge in [0.1, 0.15) is 11.6 Å². The van der Waals surface area contributed by atoms with Crippen molar-refractivity contribution in [3.8, 4) is 0 Å². The third-order valence-corrected chi connectivity index (χ3v) is 5.32. The maximum Gasteiger partial charge on any atom is 0.225 e. The number of halogens is 1. The van der Waals surface area contributed by atoms with Gasteiger partial charge in [0.2, 0.25) is 5.95 Å². The number of aromatic nitrogens is 2. The van der Waals surface area contributed by atoms with Gasteiger partial charge in [0.05, 0.1) is 0 Å². The highest BCUT2D eigenvalue weighted by Crippen LogP contribution is 2.24. The SMILES string of the molecule is Cc1cc(N2CCN(c3ccc(F)cc3)CC2)nc(NC2CCCC2)n1. The van der Waals surface area contributed by atoms with Crippen molar-refractivity contribution in [2.24, 2.45) is 0 Å². The summed E-state index contributed by atoms with van der Waals surface area (Å²) < 4.78 is 13.1. The Labute approximate surface area is 154 Å². The van der Waals surface area contributed by atoms with Gasteiger partial charge < -0.3 is 15.1 Å². The molecule has 138 valence electrons. The summed E-state index contributed by atoms with van der Waals surface area (Å²) in [6, 6.07) is 9.33. The number of hydrogen-bond donors (Lipinski definition) is 1. The molecule has 2 aliphatic rings. The zero-order valence-electron chi connectivity index (χ0n) is 15.3. The molecule has 0 radical (unpaired) electrons. The lowest BCUT2D eigenvalue weighted by Crippen LogP contribution is -2.47. The summed E-state index contributed by atoms with van der Waals surface area (Å²) in [5.41, 5.74) is 2.07. The first-order valence-electron chi connectivity index (χ1n) is 9.55. The van der Waals surface area contributed by atoms with E-state index in [1.54, 1.807) is 0 Å². The zero-order valence-corrected chi connectivity index (χ0v) is 15.3. The van der Waals surface area contributed by atoms with Gasteiger partial charge in [0.25, 0.3) is 0 Å². The van der Waals surface area contributed by atoms with E-state index in [4.69, 9.17) is 4.98 Å². The van der Waals surface area contributed by atoms with Crippen molar-refractivity contribution in [3.63, 3.8) is 0 Å². The minimum absolute atomic E-state index is 0.189. The number of piperazine rings is 1. The highest BCUT2D eigenvalue weighted by Gasteiger charge is 2.21. The number of hydrogen-bond acceptors (Lipinski definition) is 5. The standard InChI is InChI=1S/C20H26FN5/c1-15-14-19(24-20(22-15)23-17-4-2-3-5-17)26-12-10-25(11-13-26)18-8-6-16(21)7-9-18/h6-9,14,17H,2-5,10-13H2,1H3,(H,22,23,24). The first-order valence-corrected chi connectivity index (χ1v) is 9.55. The molecule has 0 unspecified atom stereocenters. The monoisotopic (exact) mass is 355 g/mol. The molecule has 5 nitrogen and oxygen atoms in total. The molecule has 1 aromatic carbocycles. The second-order valence-electron chi connectivity index (χ2n) is 7.27. The molecule has 0 spiro atoms. The Hall–Kier alpha value is -2.37. The molecular weight excluding hydrogens is 329 g/mol. The molecule has 1 saturated heterocycles. The van der Waals surface area contributed by atoms with Crippen molar-refractivity contribution in [1.29, 1.82) is 0 Å². The molecule has 2 heterocycles. The summed E-state index contributed by atoms with van der Waals surface area (Å²) in [6.45, 7) is 5.63. The molecule has 26 heavy (non-hydrogen) atoms. The molecule has 0 bridgehead atoms. The maximum absolute atomic E-state index is 13.1. The summed E-state index contributed by atoms with van der Waals surface area (Å²) >= 11 is 0. The lowest BCUT2D eigenvalue weighted by Gasteiger charge is -2.37. The van der Waals surface area contributed by atoms with Crippen LogP contribution >= 0.6 is 0 Å². The number of anilines is 3. The second kappa shape index (κ2) is 7.48. The summed E-state index contributed by atoms with van der Waals surface area (Å²) in [5, 5.41) is 3.51. The first kappa shape index (κ1) is 17.1. The molecule has 1 saturated carbocycles. The van der Waals surface area contributed by atoms with Crippen LogP contribution in [0.2, 0.25) is 0 Å². The Balaban J connectivity index is 1.42. The van der Waals surface area contributed by atoms with Crippen molar-refractivity contribution >= 4 is 17.5 Å². The Morgan fingerprint density at radius 1 is 0.962 bits per heavy atom. The predicted molar refractivity (Wildman–Crippen MR) is 103 cm³/mol. The molecule has 0 amide bonds. The van der Waals surface area contributed by atoms with Crippen LogP contribution < -0.4 is 15.1 Å². The third kappa shape index (κ3) is 3.89. The fraction of sp³-hybridized carbons (Fsp3) is 0.500. The number of rotatable bonds is 4. The highest BCUT2D eigenvalue weighted by atomic mass is 19.1.